The zero-order chi connectivity index (χ0) is 12.4. The minimum absolute atomic E-state index is 0.00278. The number of ether oxygens (including phenoxy) is 2. The molecule has 0 aliphatic carbocycles. The Bertz CT molecular complexity index is 412. The molecule has 1 aliphatic heterocycles. The summed E-state index contributed by atoms with van der Waals surface area (Å²) in [5.74, 6) is 1.28. The molecule has 1 aromatic rings. The van der Waals surface area contributed by atoms with Crippen LogP contribution in [0.25, 0.3) is 0 Å². The molecule has 0 bridgehead atoms. The number of benzene rings is 1. The van der Waals surface area contributed by atoms with Crippen molar-refractivity contribution in [1.29, 1.82) is 0 Å². The van der Waals surface area contributed by atoms with Crippen molar-refractivity contribution in [2.24, 2.45) is 5.73 Å². The van der Waals surface area contributed by atoms with Gasteiger partial charge in [0.2, 0.25) is 6.79 Å². The molecule has 0 radical (unpaired) electrons. The van der Waals surface area contributed by atoms with E-state index in [2.05, 4.69) is 5.43 Å². The van der Waals surface area contributed by atoms with E-state index >= 15 is 0 Å². The summed E-state index contributed by atoms with van der Waals surface area (Å²) >= 11 is 6.13. The van der Waals surface area contributed by atoms with E-state index in [-0.39, 0.29) is 12.8 Å². The van der Waals surface area contributed by atoms with E-state index in [1.165, 1.54) is 0 Å². The first-order chi connectivity index (χ1) is 8.11. The van der Waals surface area contributed by atoms with Gasteiger partial charge in [-0.2, -0.15) is 0 Å². The van der Waals surface area contributed by atoms with Crippen LogP contribution in [0.5, 0.6) is 11.5 Å². The molecule has 5 nitrogen and oxygen atoms in total. The summed E-state index contributed by atoms with van der Waals surface area (Å²) in [6, 6.07) is 3.75. The van der Waals surface area contributed by atoms with Crippen molar-refractivity contribution in [2.75, 3.05) is 27.4 Å². The number of halogens is 1. The van der Waals surface area contributed by atoms with Gasteiger partial charge in [0.15, 0.2) is 11.5 Å². The smallest absolute Gasteiger partial charge is 0.231 e. The van der Waals surface area contributed by atoms with Crippen LogP contribution in [-0.4, -0.2) is 32.4 Å². The Labute approximate surface area is 105 Å². The van der Waals surface area contributed by atoms with Crippen LogP contribution in [0.3, 0.4) is 0 Å². The van der Waals surface area contributed by atoms with Gasteiger partial charge in [-0.1, -0.05) is 11.6 Å². The highest BCUT2D eigenvalue weighted by molar-refractivity contribution is 6.32. The number of rotatable bonds is 4. The van der Waals surface area contributed by atoms with E-state index in [0.29, 0.717) is 23.1 Å². The first-order valence-corrected chi connectivity index (χ1v) is 5.72. The zero-order valence-corrected chi connectivity index (χ0v) is 10.6. The maximum atomic E-state index is 6.13. The molecule has 17 heavy (non-hydrogen) atoms. The summed E-state index contributed by atoms with van der Waals surface area (Å²) in [4.78, 5) is 0. The number of hydrogen-bond donors (Lipinski definition) is 2. The Morgan fingerprint density at radius 2 is 2.24 bits per heavy atom. The van der Waals surface area contributed by atoms with E-state index < -0.39 is 0 Å². The third kappa shape index (κ3) is 2.63. The van der Waals surface area contributed by atoms with Gasteiger partial charge in [-0.05, 0) is 17.7 Å². The van der Waals surface area contributed by atoms with E-state index in [1.807, 2.05) is 31.2 Å². The van der Waals surface area contributed by atoms with E-state index in [4.69, 9.17) is 26.8 Å². The lowest BCUT2D eigenvalue weighted by Gasteiger charge is -2.22. The summed E-state index contributed by atoms with van der Waals surface area (Å²) in [5.41, 5.74) is 9.94. The third-order valence-electron chi connectivity index (χ3n) is 2.50. The fraction of sp³-hybridized carbons (Fsp3) is 0.455. The van der Waals surface area contributed by atoms with Gasteiger partial charge in [0, 0.05) is 20.6 Å². The van der Waals surface area contributed by atoms with Gasteiger partial charge in [-0.15, -0.1) is 0 Å². The first kappa shape index (κ1) is 12.4. The highest BCUT2D eigenvalue weighted by atomic mass is 35.5. The molecule has 0 saturated heterocycles. The lowest BCUT2D eigenvalue weighted by Crippen LogP contribution is -2.37. The van der Waals surface area contributed by atoms with Crippen molar-refractivity contribution in [3.05, 3.63) is 22.7 Å². The predicted molar refractivity (Wildman–Crippen MR) is 66.2 cm³/mol. The minimum atomic E-state index is -0.00278. The molecular formula is C11H16ClN3O2. The van der Waals surface area contributed by atoms with Crippen LogP contribution >= 0.6 is 11.6 Å². The molecule has 1 aliphatic rings. The standard InChI is InChI=1S/C11H16ClN3O2/c1-15(2)14-9(5-13)7-3-8(12)11-10(4-7)16-6-17-11/h3-4,9,14H,5-6,13H2,1-2H3. The lowest BCUT2D eigenvalue weighted by molar-refractivity contribution is 0.174. The van der Waals surface area contributed by atoms with Crippen molar-refractivity contribution in [3.63, 3.8) is 0 Å². The van der Waals surface area contributed by atoms with Crippen molar-refractivity contribution < 1.29 is 9.47 Å². The molecule has 0 aromatic heterocycles. The lowest BCUT2D eigenvalue weighted by atomic mass is 10.1. The predicted octanol–water partition coefficient (Wildman–Crippen LogP) is 1.13. The van der Waals surface area contributed by atoms with Crippen LogP contribution in [-0.2, 0) is 0 Å². The van der Waals surface area contributed by atoms with E-state index in [9.17, 15) is 0 Å². The Balaban J connectivity index is 2.29. The summed E-state index contributed by atoms with van der Waals surface area (Å²) in [6.07, 6.45) is 0. The molecule has 3 N–H and O–H groups in total. The van der Waals surface area contributed by atoms with Crippen LogP contribution in [0, 0.1) is 0 Å². The van der Waals surface area contributed by atoms with Crippen LogP contribution in [0.1, 0.15) is 11.6 Å². The van der Waals surface area contributed by atoms with Crippen molar-refractivity contribution >= 4 is 11.6 Å². The molecule has 0 spiro atoms. The average molecular weight is 258 g/mol. The highest BCUT2D eigenvalue weighted by Crippen LogP contribution is 2.40. The molecule has 1 heterocycles. The maximum Gasteiger partial charge on any atom is 0.231 e. The Hall–Kier alpha value is -1.01. The molecule has 1 atom stereocenters. The third-order valence-corrected chi connectivity index (χ3v) is 2.78. The molecule has 0 amide bonds. The van der Waals surface area contributed by atoms with Gasteiger partial charge in [-0.3, -0.25) is 0 Å². The molecular weight excluding hydrogens is 242 g/mol. The molecule has 94 valence electrons. The first-order valence-electron chi connectivity index (χ1n) is 5.34. The van der Waals surface area contributed by atoms with Crippen LogP contribution in [0.15, 0.2) is 12.1 Å². The van der Waals surface area contributed by atoms with Gasteiger partial charge in [0.1, 0.15) is 0 Å². The van der Waals surface area contributed by atoms with Crippen molar-refractivity contribution in [3.8, 4) is 11.5 Å². The van der Waals surface area contributed by atoms with Crippen LogP contribution in [0.4, 0.5) is 0 Å². The average Bonchev–Trinajstić information content (AvgIpc) is 2.74. The van der Waals surface area contributed by atoms with Gasteiger partial charge in [-0.25, -0.2) is 10.4 Å². The van der Waals surface area contributed by atoms with Gasteiger partial charge in [0.05, 0.1) is 11.1 Å². The van der Waals surface area contributed by atoms with Crippen molar-refractivity contribution in [2.45, 2.75) is 6.04 Å². The van der Waals surface area contributed by atoms with Crippen molar-refractivity contribution in [1.82, 2.24) is 10.4 Å². The highest BCUT2D eigenvalue weighted by Gasteiger charge is 2.21. The zero-order valence-electron chi connectivity index (χ0n) is 9.87. The van der Waals surface area contributed by atoms with Crippen LogP contribution < -0.4 is 20.6 Å². The van der Waals surface area contributed by atoms with E-state index in [0.717, 1.165) is 5.56 Å². The Kier molecular flexibility index (Phi) is 3.73. The molecule has 0 fully saturated rings. The SMILES string of the molecule is CN(C)NC(CN)c1cc(Cl)c2c(c1)OCO2. The second kappa shape index (κ2) is 5.10. The van der Waals surface area contributed by atoms with Gasteiger partial charge >= 0.3 is 0 Å². The maximum absolute atomic E-state index is 6.13. The number of nitrogens with two attached hydrogens (primary N) is 1. The summed E-state index contributed by atoms with van der Waals surface area (Å²) < 4.78 is 10.6. The molecule has 1 aromatic carbocycles. The molecule has 0 saturated carbocycles. The second-order valence-corrected chi connectivity index (χ2v) is 4.46. The quantitative estimate of drug-likeness (QED) is 0.792. The van der Waals surface area contributed by atoms with Crippen LogP contribution in [0.2, 0.25) is 5.02 Å². The van der Waals surface area contributed by atoms with Gasteiger partial charge in [0.25, 0.3) is 0 Å². The Morgan fingerprint density at radius 1 is 1.47 bits per heavy atom. The molecule has 6 heteroatoms. The number of hydrogen-bond acceptors (Lipinski definition) is 5. The summed E-state index contributed by atoms with van der Waals surface area (Å²) in [5, 5.41) is 2.41. The topological polar surface area (TPSA) is 59.8 Å². The summed E-state index contributed by atoms with van der Waals surface area (Å²) in [7, 11) is 3.83. The fourth-order valence-corrected chi connectivity index (χ4v) is 2.04. The number of fused-ring (bicyclic) bond motifs is 1. The monoisotopic (exact) mass is 257 g/mol. The largest absolute Gasteiger partial charge is 0.454 e. The number of nitrogens with zero attached hydrogens (tertiary/aromatic N) is 1. The fourth-order valence-electron chi connectivity index (χ4n) is 1.76. The minimum Gasteiger partial charge on any atom is -0.454 e. The molecule has 1 unspecified atom stereocenters. The number of hydrazine groups is 1. The normalized spacial score (nSPS) is 15.4. The van der Waals surface area contributed by atoms with E-state index in [1.54, 1.807) is 0 Å². The Morgan fingerprint density at radius 3 is 2.88 bits per heavy atom. The summed E-state index contributed by atoms with van der Waals surface area (Å²) in [6.45, 7) is 0.682. The van der Waals surface area contributed by atoms with Gasteiger partial charge < -0.3 is 15.2 Å². The second-order valence-electron chi connectivity index (χ2n) is 4.05. The number of nitrogens with one attached hydrogen (secondary N) is 1. The molecule has 2 rings (SSSR count).